The highest BCUT2D eigenvalue weighted by Crippen LogP contribution is 2.22. The maximum atomic E-state index is 11.3. The van der Waals surface area contributed by atoms with Crippen molar-refractivity contribution >= 4 is 17.2 Å². The van der Waals surface area contributed by atoms with E-state index in [1.807, 2.05) is 11.6 Å². The van der Waals surface area contributed by atoms with Gasteiger partial charge in [-0.1, -0.05) is 0 Å². The second kappa shape index (κ2) is 6.18. The third-order valence-electron chi connectivity index (χ3n) is 4.15. The number of thiazole rings is 1. The zero-order valence-electron chi connectivity index (χ0n) is 12.9. The van der Waals surface area contributed by atoms with Gasteiger partial charge in [0.25, 0.3) is 5.91 Å². The number of nitrogens with zero attached hydrogens (tertiary/aromatic N) is 3. The number of hydrogen-bond acceptors (Lipinski definition) is 5. The van der Waals surface area contributed by atoms with E-state index >= 15 is 0 Å². The average molecular weight is 319 g/mol. The van der Waals surface area contributed by atoms with Gasteiger partial charge in [0.05, 0.1) is 28.2 Å². The summed E-state index contributed by atoms with van der Waals surface area (Å²) in [5.41, 5.74) is 8.05. The largest absolute Gasteiger partial charge is 0.365 e. The van der Waals surface area contributed by atoms with Gasteiger partial charge < -0.3 is 11.1 Å². The molecule has 0 saturated carbocycles. The quantitative estimate of drug-likeness (QED) is 0.872. The van der Waals surface area contributed by atoms with E-state index in [0.717, 1.165) is 48.9 Å². The van der Waals surface area contributed by atoms with Gasteiger partial charge in [-0.2, -0.15) is 5.10 Å². The van der Waals surface area contributed by atoms with Gasteiger partial charge in [0.2, 0.25) is 0 Å². The molecule has 0 bridgehead atoms. The number of aryl methyl sites for hydroxylation is 2. The van der Waals surface area contributed by atoms with Crippen LogP contribution >= 0.6 is 11.3 Å². The van der Waals surface area contributed by atoms with Gasteiger partial charge in [0.1, 0.15) is 0 Å². The number of aromatic nitrogens is 3. The fraction of sp³-hybridized carbons (Fsp3) is 0.533. The number of rotatable bonds is 5. The summed E-state index contributed by atoms with van der Waals surface area (Å²) in [5, 5.41) is 8.93. The number of hydrogen-bond donors (Lipinski definition) is 2. The lowest BCUT2D eigenvalue weighted by molar-refractivity contribution is 0.0998. The fourth-order valence-electron chi connectivity index (χ4n) is 3.01. The van der Waals surface area contributed by atoms with Crippen LogP contribution in [0.5, 0.6) is 0 Å². The summed E-state index contributed by atoms with van der Waals surface area (Å²) in [7, 11) is 0. The van der Waals surface area contributed by atoms with Crippen LogP contribution in [0.25, 0.3) is 0 Å². The smallest absolute Gasteiger partial charge is 0.252 e. The Bertz CT molecular complexity index is 690. The molecule has 0 radical (unpaired) electrons. The molecular formula is C15H21N5OS. The first-order valence-corrected chi connectivity index (χ1v) is 8.34. The molecule has 3 heterocycles. The fourth-order valence-corrected chi connectivity index (χ4v) is 3.91. The third-order valence-corrected chi connectivity index (χ3v) is 5.23. The van der Waals surface area contributed by atoms with Crippen LogP contribution in [0.2, 0.25) is 0 Å². The van der Waals surface area contributed by atoms with E-state index < -0.39 is 0 Å². The molecular weight excluding hydrogens is 298 g/mol. The molecule has 3 rings (SSSR count). The number of primary amides is 1. The number of carbonyl (C=O) groups is 1. The molecule has 0 aliphatic carbocycles. The second-order valence-corrected chi connectivity index (χ2v) is 7.12. The van der Waals surface area contributed by atoms with Crippen LogP contribution < -0.4 is 11.1 Å². The Kier molecular flexibility index (Phi) is 4.26. The van der Waals surface area contributed by atoms with Crippen molar-refractivity contribution in [3.05, 3.63) is 33.0 Å². The van der Waals surface area contributed by atoms with Gasteiger partial charge >= 0.3 is 0 Å². The minimum absolute atomic E-state index is 0.381. The predicted octanol–water partition coefficient (Wildman–Crippen LogP) is 1.41. The van der Waals surface area contributed by atoms with E-state index in [0.29, 0.717) is 11.5 Å². The van der Waals surface area contributed by atoms with Gasteiger partial charge in [0, 0.05) is 24.5 Å². The lowest BCUT2D eigenvalue weighted by atomic mass is 9.96. The minimum Gasteiger partial charge on any atom is -0.365 e. The van der Waals surface area contributed by atoms with Crippen LogP contribution in [0.3, 0.4) is 0 Å². The van der Waals surface area contributed by atoms with E-state index in [1.165, 1.54) is 4.88 Å². The molecule has 0 aromatic carbocycles. The monoisotopic (exact) mass is 319 g/mol. The molecule has 7 heteroatoms. The van der Waals surface area contributed by atoms with E-state index in [2.05, 4.69) is 22.3 Å². The van der Waals surface area contributed by atoms with Crippen molar-refractivity contribution in [3.63, 3.8) is 0 Å². The van der Waals surface area contributed by atoms with Gasteiger partial charge in [-0.3, -0.25) is 9.48 Å². The molecule has 0 saturated heterocycles. The number of nitrogens with two attached hydrogens (primary N) is 1. The topological polar surface area (TPSA) is 85.8 Å². The Hall–Kier alpha value is -1.73. The molecule has 1 aliphatic rings. The Morgan fingerprint density at radius 2 is 2.36 bits per heavy atom. The molecule has 3 N–H and O–H groups in total. The van der Waals surface area contributed by atoms with E-state index in [4.69, 9.17) is 5.73 Å². The van der Waals surface area contributed by atoms with Gasteiger partial charge in [-0.15, -0.1) is 11.3 Å². The van der Waals surface area contributed by atoms with Crippen LogP contribution in [0.1, 0.15) is 38.1 Å². The summed E-state index contributed by atoms with van der Waals surface area (Å²) in [6.07, 6.45) is 3.51. The summed E-state index contributed by atoms with van der Waals surface area (Å²) < 4.78 is 1.93. The Labute approximate surface area is 133 Å². The highest BCUT2D eigenvalue weighted by Gasteiger charge is 2.23. The molecule has 0 spiro atoms. The van der Waals surface area contributed by atoms with Crippen LogP contribution in [0.15, 0.2) is 6.20 Å². The molecule has 0 fully saturated rings. The van der Waals surface area contributed by atoms with Crippen LogP contribution in [-0.4, -0.2) is 27.2 Å². The molecule has 1 atom stereocenters. The molecule has 2 aromatic heterocycles. The first kappa shape index (κ1) is 15.2. The van der Waals surface area contributed by atoms with Gasteiger partial charge in [0.15, 0.2) is 0 Å². The van der Waals surface area contributed by atoms with Crippen LogP contribution in [-0.2, 0) is 19.5 Å². The van der Waals surface area contributed by atoms with Crippen molar-refractivity contribution in [1.82, 2.24) is 20.1 Å². The highest BCUT2D eigenvalue weighted by molar-refractivity contribution is 7.11. The third kappa shape index (κ3) is 3.05. The first-order chi connectivity index (χ1) is 10.5. The second-order valence-electron chi connectivity index (χ2n) is 5.83. The molecule has 0 unspecified atom stereocenters. The summed E-state index contributed by atoms with van der Waals surface area (Å²) >= 11 is 1.75. The summed E-state index contributed by atoms with van der Waals surface area (Å²) in [4.78, 5) is 17.1. The maximum Gasteiger partial charge on any atom is 0.252 e. The van der Waals surface area contributed by atoms with E-state index in [9.17, 15) is 4.79 Å². The maximum absolute atomic E-state index is 11.3. The van der Waals surface area contributed by atoms with Crippen LogP contribution in [0.4, 0.5) is 0 Å². The number of fused-ring (bicyclic) bond motifs is 1. The Morgan fingerprint density at radius 1 is 1.55 bits per heavy atom. The molecule has 22 heavy (non-hydrogen) atoms. The molecule has 6 nitrogen and oxygen atoms in total. The van der Waals surface area contributed by atoms with Crippen molar-refractivity contribution in [2.75, 3.05) is 6.54 Å². The Morgan fingerprint density at radius 3 is 3.05 bits per heavy atom. The average Bonchev–Trinajstić information content (AvgIpc) is 3.02. The Balaban J connectivity index is 1.55. The highest BCUT2D eigenvalue weighted by atomic mass is 32.1. The summed E-state index contributed by atoms with van der Waals surface area (Å²) in [6, 6.07) is 0. The number of nitrogens with one attached hydrogen (secondary N) is 1. The summed E-state index contributed by atoms with van der Waals surface area (Å²) in [5.74, 6) is 0.149. The summed E-state index contributed by atoms with van der Waals surface area (Å²) in [6.45, 7) is 6.75. The zero-order valence-corrected chi connectivity index (χ0v) is 13.7. The standard InChI is InChI=1S/C15H21N5OS/c1-9-14(22-10(2)19-9)7-17-5-11-3-4-13-12(15(16)21)6-18-20(13)8-11/h6,11,17H,3-5,7-8H2,1-2H3,(H2,16,21)/t11-/m0/s1. The molecule has 2 aromatic rings. The normalized spacial score (nSPS) is 17.5. The SMILES string of the molecule is Cc1nc(C)c(CNC[C@@H]2CCc3c(C(N)=O)cnn3C2)s1. The van der Waals surface area contributed by atoms with Crippen molar-refractivity contribution in [1.29, 1.82) is 0 Å². The van der Waals surface area contributed by atoms with Crippen LogP contribution in [0, 0.1) is 19.8 Å². The van der Waals surface area contributed by atoms with E-state index in [1.54, 1.807) is 17.5 Å². The zero-order chi connectivity index (χ0) is 15.7. The molecule has 1 amide bonds. The van der Waals surface area contributed by atoms with Crippen molar-refractivity contribution < 1.29 is 4.79 Å². The van der Waals surface area contributed by atoms with Gasteiger partial charge in [-0.05, 0) is 32.6 Å². The van der Waals surface area contributed by atoms with Crippen molar-refractivity contribution in [2.24, 2.45) is 11.7 Å². The van der Waals surface area contributed by atoms with E-state index in [-0.39, 0.29) is 5.91 Å². The van der Waals surface area contributed by atoms with Crippen molar-refractivity contribution in [3.8, 4) is 0 Å². The minimum atomic E-state index is -0.381. The predicted molar refractivity (Wildman–Crippen MR) is 85.9 cm³/mol. The first-order valence-electron chi connectivity index (χ1n) is 7.52. The lowest BCUT2D eigenvalue weighted by Crippen LogP contribution is -2.31. The van der Waals surface area contributed by atoms with Gasteiger partial charge in [-0.25, -0.2) is 4.98 Å². The molecule has 1 aliphatic heterocycles. The lowest BCUT2D eigenvalue weighted by Gasteiger charge is -2.24. The molecule has 118 valence electrons. The number of amides is 1. The number of carbonyl (C=O) groups excluding carboxylic acids is 1. The van der Waals surface area contributed by atoms with Crippen molar-refractivity contribution in [2.45, 2.75) is 39.8 Å².